The van der Waals surface area contributed by atoms with Crippen LogP contribution in [0.2, 0.25) is 0 Å². The molecule has 0 saturated carbocycles. The summed E-state index contributed by atoms with van der Waals surface area (Å²) in [6, 6.07) is 3.02. The van der Waals surface area contributed by atoms with Gasteiger partial charge >= 0.3 is 0 Å². The molecular formula is C11H14BrNO5. The average molecular weight is 320 g/mol. The van der Waals surface area contributed by atoms with Gasteiger partial charge in [-0.2, -0.15) is 0 Å². The Bertz CT molecular complexity index is 451. The fraction of sp³-hybridized carbons (Fsp3) is 0.364. The Morgan fingerprint density at radius 1 is 1.28 bits per heavy atom. The standard InChI is InChI=1S/C11H14BrNO5/c1-17-7-4-6(12)8(18-2)3-5(7)9(14)10(15)11(13)16/h3-4,9-10,14-15H,1-2H3,(H2,13,16). The normalized spacial score (nSPS) is 13.8. The second-order valence-electron chi connectivity index (χ2n) is 3.52. The van der Waals surface area contributed by atoms with E-state index in [9.17, 15) is 15.0 Å². The average Bonchev–Trinajstić information content (AvgIpc) is 2.36. The lowest BCUT2D eigenvalue weighted by atomic mass is 10.0. The van der Waals surface area contributed by atoms with Crippen molar-refractivity contribution in [2.24, 2.45) is 5.73 Å². The molecule has 0 radical (unpaired) electrons. The molecule has 1 amide bonds. The van der Waals surface area contributed by atoms with Gasteiger partial charge in [0.2, 0.25) is 5.91 Å². The highest BCUT2D eigenvalue weighted by atomic mass is 79.9. The van der Waals surface area contributed by atoms with Gasteiger partial charge in [-0.1, -0.05) is 0 Å². The molecule has 18 heavy (non-hydrogen) atoms. The summed E-state index contributed by atoms with van der Waals surface area (Å²) in [4.78, 5) is 10.9. The van der Waals surface area contributed by atoms with Crippen molar-refractivity contribution in [2.75, 3.05) is 14.2 Å². The van der Waals surface area contributed by atoms with Crippen molar-refractivity contribution in [1.29, 1.82) is 0 Å². The first kappa shape index (κ1) is 14.7. The Morgan fingerprint density at radius 2 is 1.83 bits per heavy atom. The first-order valence-corrected chi connectivity index (χ1v) is 5.78. The molecule has 0 aliphatic rings. The van der Waals surface area contributed by atoms with Gasteiger partial charge in [0.15, 0.2) is 6.10 Å². The molecule has 0 spiro atoms. The number of aliphatic hydroxyl groups excluding tert-OH is 2. The van der Waals surface area contributed by atoms with Gasteiger partial charge in [0.25, 0.3) is 0 Å². The topological polar surface area (TPSA) is 102 Å². The molecule has 7 heteroatoms. The minimum Gasteiger partial charge on any atom is -0.496 e. The van der Waals surface area contributed by atoms with Crippen LogP contribution in [-0.4, -0.2) is 36.4 Å². The lowest BCUT2D eigenvalue weighted by molar-refractivity contribution is -0.132. The summed E-state index contributed by atoms with van der Waals surface area (Å²) in [5, 5.41) is 19.3. The highest BCUT2D eigenvalue weighted by molar-refractivity contribution is 9.10. The predicted octanol–water partition coefficient (Wildman–Crippen LogP) is 0.346. The Kier molecular flexibility index (Phi) is 4.94. The summed E-state index contributed by atoms with van der Waals surface area (Å²) in [5.74, 6) is -0.288. The van der Waals surface area contributed by atoms with E-state index in [1.165, 1.54) is 20.3 Å². The van der Waals surface area contributed by atoms with E-state index in [0.29, 0.717) is 16.0 Å². The molecule has 100 valence electrons. The van der Waals surface area contributed by atoms with Crippen LogP contribution in [-0.2, 0) is 4.79 Å². The Balaban J connectivity index is 3.25. The summed E-state index contributed by atoms with van der Waals surface area (Å²) < 4.78 is 10.7. The van der Waals surface area contributed by atoms with E-state index in [1.807, 2.05) is 0 Å². The smallest absolute Gasteiger partial charge is 0.249 e. The summed E-state index contributed by atoms with van der Waals surface area (Å²) in [6.07, 6.45) is -3.20. The number of hydrogen-bond acceptors (Lipinski definition) is 5. The number of halogens is 1. The third-order valence-electron chi connectivity index (χ3n) is 2.41. The molecule has 1 aromatic rings. The molecule has 0 fully saturated rings. The van der Waals surface area contributed by atoms with E-state index in [2.05, 4.69) is 15.9 Å². The van der Waals surface area contributed by atoms with Gasteiger partial charge in [0.1, 0.15) is 17.6 Å². The summed E-state index contributed by atoms with van der Waals surface area (Å²) in [6.45, 7) is 0. The highest BCUT2D eigenvalue weighted by Gasteiger charge is 2.27. The SMILES string of the molecule is COc1cc(C(O)C(O)C(N)=O)c(OC)cc1Br. The van der Waals surface area contributed by atoms with Gasteiger partial charge in [-0.15, -0.1) is 0 Å². The van der Waals surface area contributed by atoms with Crippen molar-refractivity contribution in [3.05, 3.63) is 22.2 Å². The third kappa shape index (κ3) is 2.92. The van der Waals surface area contributed by atoms with Crippen LogP contribution < -0.4 is 15.2 Å². The molecule has 0 aromatic heterocycles. The van der Waals surface area contributed by atoms with E-state index < -0.39 is 18.1 Å². The molecule has 1 rings (SSSR count). The zero-order valence-electron chi connectivity index (χ0n) is 9.88. The largest absolute Gasteiger partial charge is 0.496 e. The van der Waals surface area contributed by atoms with Crippen molar-refractivity contribution in [3.8, 4) is 11.5 Å². The molecule has 0 saturated heterocycles. The first-order valence-electron chi connectivity index (χ1n) is 4.99. The van der Waals surface area contributed by atoms with E-state index in [0.717, 1.165) is 0 Å². The highest BCUT2D eigenvalue weighted by Crippen LogP contribution is 2.36. The Hall–Kier alpha value is -1.31. The fourth-order valence-corrected chi connectivity index (χ4v) is 1.93. The molecule has 0 heterocycles. The number of methoxy groups -OCH3 is 2. The van der Waals surface area contributed by atoms with Crippen molar-refractivity contribution in [3.63, 3.8) is 0 Å². The van der Waals surface area contributed by atoms with E-state index in [1.54, 1.807) is 6.07 Å². The zero-order chi connectivity index (χ0) is 13.9. The third-order valence-corrected chi connectivity index (χ3v) is 3.03. The maximum absolute atomic E-state index is 10.9. The van der Waals surface area contributed by atoms with Crippen LogP contribution in [0.5, 0.6) is 11.5 Å². The Morgan fingerprint density at radius 3 is 2.28 bits per heavy atom. The number of carbonyl (C=O) groups is 1. The van der Waals surface area contributed by atoms with Crippen LogP contribution in [0.3, 0.4) is 0 Å². The predicted molar refractivity (Wildman–Crippen MR) is 67.4 cm³/mol. The number of benzene rings is 1. The first-order chi connectivity index (χ1) is 8.42. The second kappa shape index (κ2) is 6.03. The maximum Gasteiger partial charge on any atom is 0.249 e. The van der Waals surface area contributed by atoms with Crippen LogP contribution in [0.4, 0.5) is 0 Å². The number of rotatable bonds is 5. The summed E-state index contributed by atoms with van der Waals surface area (Å²) in [5.41, 5.74) is 5.15. The lowest BCUT2D eigenvalue weighted by Crippen LogP contribution is -2.34. The van der Waals surface area contributed by atoms with Crippen LogP contribution >= 0.6 is 15.9 Å². The number of ether oxygens (including phenoxy) is 2. The van der Waals surface area contributed by atoms with Crippen LogP contribution in [0.1, 0.15) is 11.7 Å². The summed E-state index contributed by atoms with van der Waals surface area (Å²) >= 11 is 3.26. The lowest BCUT2D eigenvalue weighted by Gasteiger charge is -2.19. The molecule has 4 N–H and O–H groups in total. The molecule has 0 bridgehead atoms. The van der Waals surface area contributed by atoms with E-state index in [4.69, 9.17) is 15.2 Å². The molecule has 0 aliphatic carbocycles. The Labute approximate surface area is 112 Å². The van der Waals surface area contributed by atoms with E-state index in [-0.39, 0.29) is 5.56 Å². The van der Waals surface area contributed by atoms with Gasteiger partial charge in [0.05, 0.1) is 18.7 Å². The molecule has 2 atom stereocenters. The number of carbonyl (C=O) groups excluding carboxylic acids is 1. The van der Waals surface area contributed by atoms with Crippen LogP contribution in [0.25, 0.3) is 0 Å². The van der Waals surface area contributed by atoms with Crippen molar-refractivity contribution < 1.29 is 24.5 Å². The summed E-state index contributed by atoms with van der Waals surface area (Å²) in [7, 11) is 2.86. The quantitative estimate of drug-likeness (QED) is 0.726. The van der Waals surface area contributed by atoms with Crippen LogP contribution in [0.15, 0.2) is 16.6 Å². The molecule has 2 unspecified atom stereocenters. The maximum atomic E-state index is 10.9. The number of nitrogens with two attached hydrogens (primary N) is 1. The van der Waals surface area contributed by atoms with Crippen molar-refractivity contribution >= 4 is 21.8 Å². The number of primary amides is 1. The zero-order valence-corrected chi connectivity index (χ0v) is 11.5. The van der Waals surface area contributed by atoms with E-state index >= 15 is 0 Å². The number of hydrogen-bond donors (Lipinski definition) is 3. The minimum absolute atomic E-state index is 0.212. The molecule has 6 nitrogen and oxygen atoms in total. The number of aliphatic hydroxyl groups is 2. The van der Waals surface area contributed by atoms with Gasteiger partial charge in [0, 0.05) is 5.56 Å². The van der Waals surface area contributed by atoms with Gasteiger partial charge in [-0.25, -0.2) is 0 Å². The molecule has 1 aromatic carbocycles. The fourth-order valence-electron chi connectivity index (χ4n) is 1.44. The van der Waals surface area contributed by atoms with Crippen molar-refractivity contribution in [1.82, 2.24) is 0 Å². The minimum atomic E-state index is -1.72. The second-order valence-corrected chi connectivity index (χ2v) is 4.38. The number of amides is 1. The van der Waals surface area contributed by atoms with Crippen molar-refractivity contribution in [2.45, 2.75) is 12.2 Å². The van der Waals surface area contributed by atoms with Crippen LogP contribution in [0, 0.1) is 0 Å². The van der Waals surface area contributed by atoms with Gasteiger partial charge in [-0.3, -0.25) is 4.79 Å². The molecular weight excluding hydrogens is 306 g/mol. The molecule has 0 aliphatic heterocycles. The van der Waals surface area contributed by atoms with Gasteiger partial charge in [-0.05, 0) is 28.1 Å². The van der Waals surface area contributed by atoms with Gasteiger partial charge < -0.3 is 25.4 Å². The monoisotopic (exact) mass is 319 g/mol.